The highest BCUT2D eigenvalue weighted by Gasteiger charge is 2.34. The van der Waals surface area contributed by atoms with E-state index in [-0.39, 0.29) is 16.7 Å². The van der Waals surface area contributed by atoms with E-state index in [2.05, 4.69) is 28.1 Å². The van der Waals surface area contributed by atoms with Crippen molar-refractivity contribution >= 4 is 37.5 Å². The van der Waals surface area contributed by atoms with Crippen molar-refractivity contribution in [3.63, 3.8) is 0 Å². The summed E-state index contributed by atoms with van der Waals surface area (Å²) in [7, 11) is -3.78. The van der Waals surface area contributed by atoms with Gasteiger partial charge in [-0.05, 0) is 60.2 Å². The van der Waals surface area contributed by atoms with Gasteiger partial charge in [0.05, 0.1) is 4.90 Å². The third-order valence-corrected chi connectivity index (χ3v) is 6.40. The van der Waals surface area contributed by atoms with E-state index in [0.29, 0.717) is 18.7 Å². The zero-order chi connectivity index (χ0) is 17.8. The predicted molar refractivity (Wildman–Crippen MR) is 98.9 cm³/mol. The normalized spacial score (nSPS) is 19.0. The minimum absolute atomic E-state index is 0.0459. The maximum absolute atomic E-state index is 13.1. The van der Waals surface area contributed by atoms with Gasteiger partial charge in [-0.3, -0.25) is 4.79 Å². The Balaban J connectivity index is 1.62. The number of halogens is 1. The second-order valence-electron chi connectivity index (χ2n) is 6.59. The van der Waals surface area contributed by atoms with E-state index in [1.165, 1.54) is 23.3 Å². The first kappa shape index (κ1) is 16.8. The van der Waals surface area contributed by atoms with Crippen LogP contribution in [0.1, 0.15) is 16.7 Å². The summed E-state index contributed by atoms with van der Waals surface area (Å²) in [5, 5.41) is 5.23. The summed E-state index contributed by atoms with van der Waals surface area (Å²) in [5.41, 5.74) is 4.07. The van der Waals surface area contributed by atoms with Crippen LogP contribution in [-0.2, 0) is 34.1 Å². The second kappa shape index (κ2) is 5.93. The Morgan fingerprint density at radius 3 is 2.56 bits per heavy atom. The smallest absolute Gasteiger partial charge is 0.238 e. The average molecular weight is 421 g/mol. The van der Waals surface area contributed by atoms with Gasteiger partial charge in [0.1, 0.15) is 0 Å². The number of primary sulfonamides is 1. The zero-order valence-electron chi connectivity index (χ0n) is 13.4. The van der Waals surface area contributed by atoms with Crippen LogP contribution in [0.4, 0.5) is 5.69 Å². The van der Waals surface area contributed by atoms with E-state index in [1.807, 2.05) is 6.07 Å². The number of amides is 1. The Morgan fingerprint density at radius 1 is 1.08 bits per heavy atom. The summed E-state index contributed by atoms with van der Waals surface area (Å²) in [6, 6.07) is 10.9. The fraction of sp³-hybridized carbons (Fsp3) is 0.278. The third-order valence-electron chi connectivity index (χ3n) is 5.00. The molecule has 7 heteroatoms. The van der Waals surface area contributed by atoms with E-state index in [4.69, 9.17) is 5.14 Å². The molecule has 1 aliphatic heterocycles. The minimum Gasteiger partial charge on any atom is -0.312 e. The molecule has 2 aliphatic rings. The molecule has 0 saturated carbocycles. The van der Waals surface area contributed by atoms with Gasteiger partial charge in [-0.25, -0.2) is 13.6 Å². The molecule has 130 valence electrons. The van der Waals surface area contributed by atoms with E-state index >= 15 is 0 Å². The molecule has 5 nitrogen and oxygen atoms in total. The Labute approximate surface area is 155 Å². The molecule has 0 bridgehead atoms. The van der Waals surface area contributed by atoms with Crippen LogP contribution in [0.25, 0.3) is 0 Å². The highest BCUT2D eigenvalue weighted by molar-refractivity contribution is 9.10. The Morgan fingerprint density at radius 2 is 1.80 bits per heavy atom. The molecule has 0 saturated heterocycles. The van der Waals surface area contributed by atoms with Crippen molar-refractivity contribution in [2.75, 3.05) is 11.4 Å². The maximum atomic E-state index is 13.1. The van der Waals surface area contributed by atoms with E-state index < -0.39 is 10.0 Å². The molecule has 2 aromatic carbocycles. The maximum Gasteiger partial charge on any atom is 0.238 e. The Kier molecular flexibility index (Phi) is 3.97. The molecule has 0 fully saturated rings. The number of hydrogen-bond acceptors (Lipinski definition) is 3. The molecule has 0 aromatic heterocycles. The summed E-state index contributed by atoms with van der Waals surface area (Å²) in [5.74, 6) is -0.0500. The van der Waals surface area contributed by atoms with Crippen molar-refractivity contribution in [1.82, 2.24) is 0 Å². The third kappa shape index (κ3) is 3.01. The number of carbonyl (C=O) groups excluding carboxylic acids is 1. The highest BCUT2D eigenvalue weighted by atomic mass is 79.9. The van der Waals surface area contributed by atoms with Gasteiger partial charge in [0.25, 0.3) is 0 Å². The lowest BCUT2D eigenvalue weighted by Gasteiger charge is -2.21. The lowest BCUT2D eigenvalue weighted by Crippen LogP contribution is -2.35. The van der Waals surface area contributed by atoms with Crippen LogP contribution in [0.15, 0.2) is 45.8 Å². The lowest BCUT2D eigenvalue weighted by molar-refractivity contribution is -0.122. The molecule has 2 aromatic rings. The number of carbonyl (C=O) groups is 1. The van der Waals surface area contributed by atoms with Gasteiger partial charge in [-0.15, -0.1) is 0 Å². The van der Waals surface area contributed by atoms with Gasteiger partial charge in [-0.2, -0.15) is 0 Å². The molecule has 1 atom stereocenters. The van der Waals surface area contributed by atoms with Crippen LogP contribution in [-0.4, -0.2) is 20.9 Å². The summed E-state index contributed by atoms with van der Waals surface area (Å²) >= 11 is 3.47. The number of sulfonamides is 1. The molecule has 25 heavy (non-hydrogen) atoms. The largest absolute Gasteiger partial charge is 0.312 e. The molecular weight excluding hydrogens is 404 g/mol. The lowest BCUT2D eigenvalue weighted by atomic mass is 10.0. The fourth-order valence-electron chi connectivity index (χ4n) is 3.75. The van der Waals surface area contributed by atoms with Crippen molar-refractivity contribution in [2.45, 2.75) is 24.2 Å². The fourth-order valence-corrected chi connectivity index (χ4v) is 4.69. The topological polar surface area (TPSA) is 80.5 Å². The first-order valence-electron chi connectivity index (χ1n) is 8.07. The number of nitrogens with zero attached hydrogens (tertiary/aromatic N) is 1. The van der Waals surface area contributed by atoms with Crippen molar-refractivity contribution in [3.8, 4) is 0 Å². The van der Waals surface area contributed by atoms with E-state index in [0.717, 1.165) is 22.9 Å². The van der Waals surface area contributed by atoms with Gasteiger partial charge < -0.3 is 4.90 Å². The van der Waals surface area contributed by atoms with Crippen LogP contribution in [0, 0.1) is 5.92 Å². The first-order chi connectivity index (χ1) is 11.8. The monoisotopic (exact) mass is 420 g/mol. The minimum atomic E-state index is -3.78. The molecule has 0 spiro atoms. The van der Waals surface area contributed by atoms with Crippen molar-refractivity contribution in [3.05, 3.63) is 57.6 Å². The molecule has 1 heterocycles. The molecule has 1 amide bonds. The standard InChI is InChI=1S/C18H17BrN2O3S/c19-15-3-1-12-7-14(8-13(12)9-15)18(22)21-6-5-11-2-4-16(10-17(11)21)25(20,23)24/h1-4,9-10,14H,5-8H2,(H2,20,23,24). The summed E-state index contributed by atoms with van der Waals surface area (Å²) < 4.78 is 24.2. The number of rotatable bonds is 2. The number of hydrogen-bond donors (Lipinski definition) is 1. The Hall–Kier alpha value is -1.70. The molecular formula is C18H17BrN2O3S. The number of nitrogens with two attached hydrogens (primary N) is 1. The van der Waals surface area contributed by atoms with Gasteiger partial charge in [-0.1, -0.05) is 28.1 Å². The van der Waals surface area contributed by atoms with Gasteiger partial charge in [0.15, 0.2) is 0 Å². The Bertz CT molecular complexity index is 988. The van der Waals surface area contributed by atoms with Gasteiger partial charge in [0.2, 0.25) is 15.9 Å². The zero-order valence-corrected chi connectivity index (χ0v) is 15.8. The molecule has 1 aliphatic carbocycles. The first-order valence-corrected chi connectivity index (χ1v) is 10.4. The highest BCUT2D eigenvalue weighted by Crippen LogP contribution is 2.35. The predicted octanol–water partition coefficient (Wildman–Crippen LogP) is 2.40. The van der Waals surface area contributed by atoms with E-state index in [9.17, 15) is 13.2 Å². The number of fused-ring (bicyclic) bond motifs is 2. The number of benzene rings is 2. The van der Waals surface area contributed by atoms with Crippen LogP contribution >= 0.6 is 15.9 Å². The summed E-state index contributed by atoms with van der Waals surface area (Å²) in [4.78, 5) is 14.8. The number of anilines is 1. The average Bonchev–Trinajstić information content (AvgIpc) is 3.16. The second-order valence-corrected chi connectivity index (χ2v) is 9.07. The van der Waals surface area contributed by atoms with Crippen LogP contribution in [0.3, 0.4) is 0 Å². The summed E-state index contributed by atoms with van der Waals surface area (Å²) in [6.07, 6.45) is 2.17. The van der Waals surface area contributed by atoms with Crippen molar-refractivity contribution in [1.29, 1.82) is 0 Å². The van der Waals surface area contributed by atoms with Crippen LogP contribution in [0.5, 0.6) is 0 Å². The SMILES string of the molecule is NS(=O)(=O)c1ccc2c(c1)N(C(=O)C1Cc3ccc(Br)cc3C1)CC2. The molecule has 1 unspecified atom stereocenters. The van der Waals surface area contributed by atoms with Crippen molar-refractivity contribution in [2.24, 2.45) is 11.1 Å². The molecule has 2 N–H and O–H groups in total. The quantitative estimate of drug-likeness (QED) is 0.809. The van der Waals surface area contributed by atoms with Crippen LogP contribution in [0.2, 0.25) is 0 Å². The van der Waals surface area contributed by atoms with E-state index in [1.54, 1.807) is 11.0 Å². The van der Waals surface area contributed by atoms with Gasteiger partial charge in [0, 0.05) is 22.6 Å². The summed E-state index contributed by atoms with van der Waals surface area (Å²) in [6.45, 7) is 0.582. The van der Waals surface area contributed by atoms with Crippen molar-refractivity contribution < 1.29 is 13.2 Å². The van der Waals surface area contributed by atoms with Crippen LogP contribution < -0.4 is 10.0 Å². The molecule has 4 rings (SSSR count). The van der Waals surface area contributed by atoms with Gasteiger partial charge >= 0.3 is 0 Å². The molecule has 0 radical (unpaired) electrons.